The number of pyridine rings is 1. The molecule has 0 unspecified atom stereocenters. The molecule has 0 aliphatic heterocycles. The number of aromatic hydroxyl groups is 1. The topological polar surface area (TPSA) is 33.1 Å². The summed E-state index contributed by atoms with van der Waals surface area (Å²) < 4.78 is 0. The average Bonchev–Trinajstić information content (AvgIpc) is 1.86. The summed E-state index contributed by atoms with van der Waals surface area (Å²) in [6.45, 7) is 6.71. The summed E-state index contributed by atoms with van der Waals surface area (Å²) in [6.07, 6.45) is 1.66. The monoisotopic (exact) mass is 167 g/mol. The minimum absolute atomic E-state index is 0.130. The van der Waals surface area contributed by atoms with Crippen molar-refractivity contribution < 1.29 is 5.11 Å². The van der Waals surface area contributed by atoms with Crippen LogP contribution in [0, 0.1) is 0 Å². The predicted molar refractivity (Wildman–Crippen MR) is 48.9 cm³/mol. The van der Waals surface area contributed by atoms with Crippen LogP contribution in [0.15, 0.2) is 18.3 Å². The van der Waals surface area contributed by atoms with Gasteiger partial charge in [0.25, 0.3) is 0 Å². The van der Waals surface area contributed by atoms with Crippen molar-refractivity contribution in [2.75, 3.05) is 0 Å². The molecule has 0 saturated heterocycles. The molecule has 0 spiro atoms. The second-order valence-corrected chi connectivity index (χ2v) is 8.73. The Labute approximate surface area is 67.9 Å². The number of hydrogen-bond donors (Lipinski definition) is 1. The van der Waals surface area contributed by atoms with Crippen LogP contribution in [0.4, 0.5) is 0 Å². The van der Waals surface area contributed by atoms with Crippen LogP contribution in [0.3, 0.4) is 0 Å². The molecule has 0 atom stereocenters. The zero-order chi connectivity index (χ0) is 8.48. The summed E-state index contributed by atoms with van der Waals surface area (Å²) in [7, 11) is -1.26. The van der Waals surface area contributed by atoms with E-state index in [1.807, 2.05) is 6.07 Å². The highest BCUT2D eigenvalue weighted by Gasteiger charge is 2.16. The van der Waals surface area contributed by atoms with E-state index in [0.29, 0.717) is 0 Å². The Morgan fingerprint density at radius 1 is 1.36 bits per heavy atom. The smallest absolute Gasteiger partial charge is 0.210 e. The number of nitrogens with zero attached hydrogens (tertiary/aromatic N) is 1. The van der Waals surface area contributed by atoms with Gasteiger partial charge in [-0.05, 0) is 12.1 Å². The van der Waals surface area contributed by atoms with Gasteiger partial charge in [0.2, 0.25) is 5.88 Å². The fraction of sp³-hybridized carbons (Fsp3) is 0.375. The number of rotatable bonds is 1. The molecule has 0 amide bonds. The maximum Gasteiger partial charge on any atom is 0.210 e. The fourth-order valence-electron chi connectivity index (χ4n) is 0.885. The standard InChI is InChI=1S/C8H13NOSi/c1-11(2,3)7-4-5-9-8(10)6-7/h4-6H,1-3H3,(H,9,10). The molecule has 2 nitrogen and oxygen atoms in total. The quantitative estimate of drug-likeness (QED) is 0.640. The van der Waals surface area contributed by atoms with E-state index < -0.39 is 8.07 Å². The van der Waals surface area contributed by atoms with Gasteiger partial charge in [-0.1, -0.05) is 24.8 Å². The first kappa shape index (κ1) is 8.27. The van der Waals surface area contributed by atoms with Crippen LogP contribution in [-0.2, 0) is 0 Å². The lowest BCUT2D eigenvalue weighted by Gasteiger charge is -2.15. The van der Waals surface area contributed by atoms with Crippen molar-refractivity contribution in [1.82, 2.24) is 4.98 Å². The minimum Gasteiger partial charge on any atom is -0.493 e. The van der Waals surface area contributed by atoms with E-state index in [-0.39, 0.29) is 5.88 Å². The number of hydrogen-bond acceptors (Lipinski definition) is 2. The van der Waals surface area contributed by atoms with Crippen LogP contribution < -0.4 is 5.19 Å². The van der Waals surface area contributed by atoms with E-state index in [1.54, 1.807) is 12.3 Å². The molecule has 1 rings (SSSR count). The van der Waals surface area contributed by atoms with Crippen LogP contribution in [0.5, 0.6) is 5.88 Å². The third-order valence-corrected chi connectivity index (χ3v) is 3.65. The van der Waals surface area contributed by atoms with E-state index in [4.69, 9.17) is 5.11 Å². The minimum atomic E-state index is -1.26. The van der Waals surface area contributed by atoms with Crippen molar-refractivity contribution in [3.8, 4) is 5.88 Å². The van der Waals surface area contributed by atoms with Crippen molar-refractivity contribution >= 4 is 13.3 Å². The van der Waals surface area contributed by atoms with Gasteiger partial charge in [0, 0.05) is 6.20 Å². The second kappa shape index (κ2) is 2.66. The molecule has 3 heteroatoms. The van der Waals surface area contributed by atoms with Crippen LogP contribution in [0.1, 0.15) is 0 Å². The Morgan fingerprint density at radius 3 is 2.36 bits per heavy atom. The highest BCUT2D eigenvalue weighted by Crippen LogP contribution is 2.05. The molecule has 0 saturated carbocycles. The molecule has 11 heavy (non-hydrogen) atoms. The molecule has 1 heterocycles. The summed E-state index contributed by atoms with van der Waals surface area (Å²) in [6, 6.07) is 3.73. The summed E-state index contributed by atoms with van der Waals surface area (Å²) >= 11 is 0. The molecule has 0 aliphatic carbocycles. The lowest BCUT2D eigenvalue weighted by molar-refractivity contribution is 0.454. The van der Waals surface area contributed by atoms with Crippen LogP contribution >= 0.6 is 0 Å². The SMILES string of the molecule is C[Si](C)(C)c1ccnc(O)c1. The third kappa shape index (κ3) is 2.05. The lowest BCUT2D eigenvalue weighted by atomic mass is 10.5. The zero-order valence-electron chi connectivity index (χ0n) is 7.13. The van der Waals surface area contributed by atoms with Gasteiger partial charge in [-0.25, -0.2) is 4.98 Å². The Balaban J connectivity index is 3.06. The Morgan fingerprint density at radius 2 is 2.00 bits per heavy atom. The molecule has 0 bridgehead atoms. The lowest BCUT2D eigenvalue weighted by Crippen LogP contribution is -2.37. The van der Waals surface area contributed by atoms with Crippen LogP contribution in [-0.4, -0.2) is 18.2 Å². The second-order valence-electron chi connectivity index (χ2n) is 3.65. The first-order valence-corrected chi connectivity index (χ1v) is 7.15. The van der Waals surface area contributed by atoms with Crippen molar-refractivity contribution in [3.63, 3.8) is 0 Å². The van der Waals surface area contributed by atoms with Crippen molar-refractivity contribution in [2.24, 2.45) is 0 Å². The maximum atomic E-state index is 9.09. The van der Waals surface area contributed by atoms with Crippen molar-refractivity contribution in [3.05, 3.63) is 18.3 Å². The third-order valence-electron chi connectivity index (χ3n) is 1.61. The Bertz CT molecular complexity index is 255. The van der Waals surface area contributed by atoms with Gasteiger partial charge in [0.05, 0.1) is 8.07 Å². The normalized spacial score (nSPS) is 11.5. The van der Waals surface area contributed by atoms with Gasteiger partial charge in [-0.15, -0.1) is 0 Å². The van der Waals surface area contributed by atoms with Crippen molar-refractivity contribution in [1.29, 1.82) is 0 Å². The van der Waals surface area contributed by atoms with Gasteiger partial charge in [-0.3, -0.25) is 0 Å². The molecule has 0 radical (unpaired) electrons. The van der Waals surface area contributed by atoms with Crippen LogP contribution in [0.2, 0.25) is 19.6 Å². The molecule has 0 fully saturated rings. The highest BCUT2D eigenvalue weighted by molar-refractivity contribution is 6.88. The first-order chi connectivity index (χ1) is 5.00. The van der Waals surface area contributed by atoms with Gasteiger partial charge in [0.15, 0.2) is 0 Å². The molecule has 1 N–H and O–H groups in total. The predicted octanol–water partition coefficient (Wildman–Crippen LogP) is 1.33. The van der Waals surface area contributed by atoms with Gasteiger partial charge in [0.1, 0.15) is 0 Å². The van der Waals surface area contributed by atoms with E-state index in [9.17, 15) is 0 Å². The Hall–Kier alpha value is -0.833. The largest absolute Gasteiger partial charge is 0.493 e. The van der Waals surface area contributed by atoms with Gasteiger partial charge < -0.3 is 5.11 Å². The molecular weight excluding hydrogens is 154 g/mol. The van der Waals surface area contributed by atoms with Crippen molar-refractivity contribution in [2.45, 2.75) is 19.6 Å². The van der Waals surface area contributed by atoms with E-state index in [0.717, 1.165) is 0 Å². The first-order valence-electron chi connectivity index (χ1n) is 3.65. The summed E-state index contributed by atoms with van der Waals surface area (Å²) in [4.78, 5) is 3.73. The highest BCUT2D eigenvalue weighted by atomic mass is 28.3. The average molecular weight is 167 g/mol. The zero-order valence-corrected chi connectivity index (χ0v) is 8.13. The van der Waals surface area contributed by atoms with E-state index in [1.165, 1.54) is 5.19 Å². The van der Waals surface area contributed by atoms with E-state index in [2.05, 4.69) is 24.6 Å². The number of aromatic nitrogens is 1. The maximum absolute atomic E-state index is 9.09. The molecule has 0 aromatic carbocycles. The molecule has 1 aromatic heterocycles. The molecular formula is C8H13NOSi. The van der Waals surface area contributed by atoms with Gasteiger partial charge in [-0.2, -0.15) is 0 Å². The molecule has 0 aliphatic rings. The summed E-state index contributed by atoms with van der Waals surface area (Å²) in [5.41, 5.74) is 0. The van der Waals surface area contributed by atoms with Crippen LogP contribution in [0.25, 0.3) is 0 Å². The van der Waals surface area contributed by atoms with E-state index >= 15 is 0 Å². The summed E-state index contributed by atoms with van der Waals surface area (Å²) in [5.74, 6) is 0.130. The molecule has 60 valence electrons. The van der Waals surface area contributed by atoms with Gasteiger partial charge >= 0.3 is 0 Å². The Kier molecular flexibility index (Phi) is 2.00. The summed E-state index contributed by atoms with van der Waals surface area (Å²) in [5, 5.41) is 10.3. The molecule has 1 aromatic rings. The fourth-order valence-corrected chi connectivity index (χ4v) is 2.02.